The first kappa shape index (κ1) is 12.3. The van der Waals surface area contributed by atoms with E-state index in [4.69, 9.17) is 5.73 Å². The minimum Gasteiger partial charge on any atom is -0.396 e. The molecule has 3 nitrogen and oxygen atoms in total. The zero-order valence-electron chi connectivity index (χ0n) is 10.5. The number of hydrogen-bond acceptors (Lipinski definition) is 3. The van der Waals surface area contributed by atoms with Crippen molar-refractivity contribution in [1.82, 2.24) is 4.98 Å². The lowest BCUT2D eigenvalue weighted by atomic mass is 10.00. The number of nitrogens with two attached hydrogens (primary N) is 1. The van der Waals surface area contributed by atoms with Crippen molar-refractivity contribution in [3.63, 3.8) is 0 Å². The molecule has 20 heavy (non-hydrogen) atoms. The molecule has 98 valence electrons. The van der Waals surface area contributed by atoms with Gasteiger partial charge in [0.25, 0.3) is 0 Å². The molecule has 0 unspecified atom stereocenters. The van der Waals surface area contributed by atoms with E-state index in [0.29, 0.717) is 16.8 Å². The van der Waals surface area contributed by atoms with E-state index >= 15 is 0 Å². The quantitative estimate of drug-likeness (QED) is 0.572. The highest BCUT2D eigenvalue weighted by molar-refractivity contribution is 6.15. The van der Waals surface area contributed by atoms with Crippen molar-refractivity contribution in [2.45, 2.75) is 0 Å². The molecule has 0 aliphatic rings. The third kappa shape index (κ3) is 2.01. The summed E-state index contributed by atoms with van der Waals surface area (Å²) in [6, 6.07) is 12.7. The molecule has 0 amide bonds. The fourth-order valence-electron chi connectivity index (χ4n) is 2.15. The third-order valence-corrected chi connectivity index (χ3v) is 3.15. The van der Waals surface area contributed by atoms with Crippen LogP contribution in [0.5, 0.6) is 0 Å². The van der Waals surface area contributed by atoms with Crippen LogP contribution in [-0.4, -0.2) is 10.8 Å². The van der Waals surface area contributed by atoms with Crippen LogP contribution in [0.25, 0.3) is 10.9 Å². The Kier molecular flexibility index (Phi) is 2.91. The first-order chi connectivity index (χ1) is 9.66. The zero-order chi connectivity index (χ0) is 14.1. The highest BCUT2D eigenvalue weighted by Gasteiger charge is 2.15. The van der Waals surface area contributed by atoms with Crippen LogP contribution in [0.4, 0.5) is 10.1 Å². The topological polar surface area (TPSA) is 56.0 Å². The summed E-state index contributed by atoms with van der Waals surface area (Å²) in [6.07, 6.45) is 1.62. The molecule has 0 spiro atoms. The molecule has 0 aliphatic carbocycles. The lowest BCUT2D eigenvalue weighted by Gasteiger charge is -2.07. The Bertz CT molecular complexity index is 814. The molecular formula is C16H11FN2O. The maximum Gasteiger partial charge on any atom is 0.195 e. The molecule has 0 aliphatic heterocycles. The predicted octanol–water partition coefficient (Wildman–Crippen LogP) is 3.19. The first-order valence-electron chi connectivity index (χ1n) is 6.10. The van der Waals surface area contributed by atoms with E-state index in [-0.39, 0.29) is 11.3 Å². The largest absolute Gasteiger partial charge is 0.396 e. The summed E-state index contributed by atoms with van der Waals surface area (Å²) in [5.74, 6) is -0.761. The summed E-state index contributed by atoms with van der Waals surface area (Å²) >= 11 is 0. The number of rotatable bonds is 2. The van der Waals surface area contributed by atoms with Gasteiger partial charge in [-0.05, 0) is 24.3 Å². The Balaban J connectivity index is 2.15. The second-order valence-corrected chi connectivity index (χ2v) is 4.44. The predicted molar refractivity (Wildman–Crippen MR) is 76.0 cm³/mol. The number of benzene rings is 2. The van der Waals surface area contributed by atoms with Gasteiger partial charge in [0.1, 0.15) is 5.82 Å². The molecule has 3 aromatic rings. The van der Waals surface area contributed by atoms with Crippen LogP contribution in [-0.2, 0) is 0 Å². The summed E-state index contributed by atoms with van der Waals surface area (Å²) in [4.78, 5) is 16.6. The second kappa shape index (κ2) is 4.74. The molecule has 4 heteroatoms. The van der Waals surface area contributed by atoms with Crippen molar-refractivity contribution < 1.29 is 9.18 Å². The fourth-order valence-corrected chi connectivity index (χ4v) is 2.15. The van der Waals surface area contributed by atoms with Gasteiger partial charge in [-0.15, -0.1) is 0 Å². The van der Waals surface area contributed by atoms with E-state index in [1.54, 1.807) is 30.5 Å². The Morgan fingerprint density at radius 2 is 1.95 bits per heavy atom. The van der Waals surface area contributed by atoms with Crippen molar-refractivity contribution in [2.75, 3.05) is 5.73 Å². The Hall–Kier alpha value is -2.75. The Morgan fingerprint density at radius 1 is 1.10 bits per heavy atom. The zero-order valence-corrected chi connectivity index (χ0v) is 10.5. The number of carbonyl (C=O) groups is 1. The highest BCUT2D eigenvalue weighted by Crippen LogP contribution is 2.25. The molecule has 0 fully saturated rings. The second-order valence-electron chi connectivity index (χ2n) is 4.44. The number of nitrogens with zero attached hydrogens (tertiary/aromatic N) is 1. The van der Waals surface area contributed by atoms with E-state index < -0.39 is 5.82 Å². The average Bonchev–Trinajstić information content (AvgIpc) is 2.47. The van der Waals surface area contributed by atoms with Crippen LogP contribution in [0.15, 0.2) is 54.7 Å². The standard InChI is InChI=1S/C16H11FN2O/c17-12-5-1-3-11(9-12)16(20)13-7-6-10-4-2-8-19-15(10)14(13)18/h1-9H,18H2. The SMILES string of the molecule is Nc1c(C(=O)c2cccc(F)c2)ccc2cccnc12. The van der Waals surface area contributed by atoms with Crippen LogP contribution >= 0.6 is 0 Å². The number of carbonyl (C=O) groups excluding carboxylic acids is 1. The fraction of sp³-hybridized carbons (Fsp3) is 0. The summed E-state index contributed by atoms with van der Waals surface area (Å²) in [7, 11) is 0. The van der Waals surface area contributed by atoms with Crippen molar-refractivity contribution in [1.29, 1.82) is 0 Å². The van der Waals surface area contributed by atoms with Gasteiger partial charge in [-0.3, -0.25) is 9.78 Å². The van der Waals surface area contributed by atoms with Crippen LogP contribution in [0.2, 0.25) is 0 Å². The molecule has 0 saturated carbocycles. The molecule has 3 rings (SSSR count). The van der Waals surface area contributed by atoms with Crippen molar-refractivity contribution >= 4 is 22.4 Å². The normalized spacial score (nSPS) is 10.7. The minimum atomic E-state index is -0.451. The molecule has 1 heterocycles. The van der Waals surface area contributed by atoms with Gasteiger partial charge in [-0.2, -0.15) is 0 Å². The summed E-state index contributed by atoms with van der Waals surface area (Å²) in [5, 5.41) is 0.862. The summed E-state index contributed by atoms with van der Waals surface area (Å²) in [6.45, 7) is 0. The molecule has 0 atom stereocenters. The number of halogens is 1. The smallest absolute Gasteiger partial charge is 0.195 e. The third-order valence-electron chi connectivity index (χ3n) is 3.15. The number of pyridine rings is 1. The van der Waals surface area contributed by atoms with Gasteiger partial charge in [0.05, 0.1) is 11.2 Å². The van der Waals surface area contributed by atoms with E-state index in [1.807, 2.05) is 6.07 Å². The molecule has 1 aromatic heterocycles. The maximum atomic E-state index is 13.2. The van der Waals surface area contributed by atoms with Gasteiger partial charge in [0.15, 0.2) is 5.78 Å². The van der Waals surface area contributed by atoms with Gasteiger partial charge < -0.3 is 5.73 Å². The molecule has 0 saturated heterocycles. The van der Waals surface area contributed by atoms with Gasteiger partial charge >= 0.3 is 0 Å². The maximum absolute atomic E-state index is 13.2. The molecule has 2 aromatic carbocycles. The van der Waals surface area contributed by atoms with Crippen LogP contribution in [0.3, 0.4) is 0 Å². The number of anilines is 1. The Labute approximate surface area is 114 Å². The molecule has 0 bridgehead atoms. The monoisotopic (exact) mass is 266 g/mol. The van der Waals surface area contributed by atoms with Crippen LogP contribution < -0.4 is 5.73 Å². The number of nitrogen functional groups attached to an aromatic ring is 1. The lowest BCUT2D eigenvalue weighted by Crippen LogP contribution is -2.06. The number of hydrogen-bond donors (Lipinski definition) is 1. The van der Waals surface area contributed by atoms with E-state index in [0.717, 1.165) is 5.39 Å². The van der Waals surface area contributed by atoms with Gasteiger partial charge in [-0.25, -0.2) is 4.39 Å². The molecule has 2 N–H and O–H groups in total. The molecular weight excluding hydrogens is 255 g/mol. The lowest BCUT2D eigenvalue weighted by molar-refractivity contribution is 0.103. The van der Waals surface area contributed by atoms with Gasteiger partial charge in [-0.1, -0.05) is 24.3 Å². The van der Waals surface area contributed by atoms with E-state index in [2.05, 4.69) is 4.98 Å². The summed E-state index contributed by atoms with van der Waals surface area (Å²) < 4.78 is 13.2. The van der Waals surface area contributed by atoms with E-state index in [9.17, 15) is 9.18 Å². The van der Waals surface area contributed by atoms with Crippen molar-refractivity contribution in [3.05, 3.63) is 71.7 Å². The first-order valence-corrected chi connectivity index (χ1v) is 6.10. The van der Waals surface area contributed by atoms with Gasteiger partial charge in [0.2, 0.25) is 0 Å². The Morgan fingerprint density at radius 3 is 2.75 bits per heavy atom. The summed E-state index contributed by atoms with van der Waals surface area (Å²) in [5.41, 5.74) is 7.52. The average molecular weight is 266 g/mol. The van der Waals surface area contributed by atoms with Crippen molar-refractivity contribution in [2.24, 2.45) is 0 Å². The van der Waals surface area contributed by atoms with Crippen molar-refractivity contribution in [3.8, 4) is 0 Å². The molecule has 0 radical (unpaired) electrons. The van der Waals surface area contributed by atoms with Gasteiger partial charge in [0, 0.05) is 22.7 Å². The highest BCUT2D eigenvalue weighted by atomic mass is 19.1. The number of fused-ring (bicyclic) bond motifs is 1. The number of ketones is 1. The number of aromatic nitrogens is 1. The van der Waals surface area contributed by atoms with E-state index in [1.165, 1.54) is 18.2 Å². The minimum absolute atomic E-state index is 0.270. The van der Waals surface area contributed by atoms with Crippen LogP contribution in [0, 0.1) is 5.82 Å². The van der Waals surface area contributed by atoms with Crippen LogP contribution in [0.1, 0.15) is 15.9 Å².